The molecular weight excluding hydrogens is 464 g/mol. The Kier molecular flexibility index (Phi) is 5.82. The van der Waals surface area contributed by atoms with Gasteiger partial charge in [0.05, 0.1) is 5.56 Å². The minimum absolute atomic E-state index is 0. The molecule has 8 nitrogen and oxygen atoms in total. The van der Waals surface area contributed by atoms with Crippen molar-refractivity contribution >= 4 is 34.1 Å². The summed E-state index contributed by atoms with van der Waals surface area (Å²) in [6.07, 6.45) is 5.76. The number of fused-ring (bicyclic) bond motifs is 1. The van der Waals surface area contributed by atoms with Gasteiger partial charge in [-0.2, -0.15) is 4.98 Å². The lowest BCUT2D eigenvalue weighted by Crippen LogP contribution is -2.73. The quantitative estimate of drug-likeness (QED) is 0.478. The van der Waals surface area contributed by atoms with Gasteiger partial charge >= 0.3 is 0 Å². The second-order valence-corrected chi connectivity index (χ2v) is 11.6. The zero-order chi connectivity index (χ0) is 25.9. The lowest BCUT2D eigenvalue weighted by molar-refractivity contribution is -0.0411. The molecule has 0 radical (unpaired) electrons. The topological polar surface area (TPSA) is 83.4 Å². The van der Waals surface area contributed by atoms with Crippen LogP contribution >= 0.6 is 0 Å². The first-order valence-electron chi connectivity index (χ1n) is 13.5. The summed E-state index contributed by atoms with van der Waals surface area (Å²) >= 11 is 0. The number of nitrogens with one attached hydrogen (secondary N) is 1. The Hall–Kier alpha value is -3.26. The van der Waals surface area contributed by atoms with Gasteiger partial charge in [0.15, 0.2) is 5.78 Å². The molecule has 3 aliphatic rings. The summed E-state index contributed by atoms with van der Waals surface area (Å²) in [5, 5.41) is 4.08. The van der Waals surface area contributed by atoms with Gasteiger partial charge in [0.2, 0.25) is 5.95 Å². The Labute approximate surface area is 219 Å². The first-order chi connectivity index (χ1) is 17.7. The van der Waals surface area contributed by atoms with Crippen LogP contribution in [0.15, 0.2) is 35.3 Å². The molecule has 1 N–H and O–H groups in total. The van der Waals surface area contributed by atoms with E-state index in [9.17, 15) is 9.59 Å². The van der Waals surface area contributed by atoms with Gasteiger partial charge in [0.1, 0.15) is 5.65 Å². The summed E-state index contributed by atoms with van der Waals surface area (Å²) in [5.74, 6) is 0.244. The van der Waals surface area contributed by atoms with Gasteiger partial charge in [-0.3, -0.25) is 19.1 Å². The normalized spacial score (nSPS) is 19.4. The molecule has 1 aromatic carbocycles. The maximum Gasteiger partial charge on any atom is 0.263 e. The average molecular weight is 503 g/mol. The molecule has 2 saturated heterocycles. The van der Waals surface area contributed by atoms with Crippen molar-refractivity contribution in [2.24, 2.45) is 5.41 Å². The fraction of sp³-hybridized carbons (Fsp3) is 0.517. The van der Waals surface area contributed by atoms with Crippen LogP contribution in [0.25, 0.3) is 11.0 Å². The fourth-order valence-electron chi connectivity index (χ4n) is 6.52. The highest BCUT2D eigenvalue weighted by molar-refractivity contribution is 5.99. The van der Waals surface area contributed by atoms with Crippen LogP contribution < -0.4 is 15.8 Å². The Morgan fingerprint density at radius 2 is 1.78 bits per heavy atom. The molecule has 3 fully saturated rings. The van der Waals surface area contributed by atoms with Crippen molar-refractivity contribution in [3.8, 4) is 0 Å². The maximum atomic E-state index is 13.4. The molecule has 2 aliphatic heterocycles. The Morgan fingerprint density at radius 3 is 2.41 bits per heavy atom. The Morgan fingerprint density at radius 1 is 1.11 bits per heavy atom. The number of carbonyl (C=O) groups excluding carboxylic acids is 1. The van der Waals surface area contributed by atoms with Crippen molar-refractivity contribution in [2.75, 3.05) is 36.4 Å². The summed E-state index contributed by atoms with van der Waals surface area (Å²) in [4.78, 5) is 40.1. The number of nitrogens with zero attached hydrogens (tertiary/aromatic N) is 5. The van der Waals surface area contributed by atoms with Gasteiger partial charge in [-0.25, -0.2) is 4.98 Å². The second-order valence-electron chi connectivity index (χ2n) is 11.6. The number of Topliss-reactive ketones (excluding diaryl/α,β-unsaturated/α-hetero) is 1. The number of anilines is 3. The van der Waals surface area contributed by atoms with E-state index in [1.54, 1.807) is 10.8 Å². The molecule has 0 unspecified atom stereocenters. The number of carbonyl (C=O) groups is 1. The highest BCUT2D eigenvalue weighted by Crippen LogP contribution is 2.42. The molecule has 37 heavy (non-hydrogen) atoms. The van der Waals surface area contributed by atoms with Crippen LogP contribution in [0.1, 0.15) is 69.8 Å². The summed E-state index contributed by atoms with van der Waals surface area (Å²) in [7, 11) is 0. The van der Waals surface area contributed by atoms with Crippen LogP contribution in [0.2, 0.25) is 0 Å². The van der Waals surface area contributed by atoms with E-state index < -0.39 is 0 Å². The third-order valence-corrected chi connectivity index (χ3v) is 8.60. The van der Waals surface area contributed by atoms with E-state index in [1.165, 1.54) is 25.7 Å². The molecule has 3 aromatic rings. The van der Waals surface area contributed by atoms with Gasteiger partial charge in [-0.15, -0.1) is 0 Å². The van der Waals surface area contributed by atoms with Crippen LogP contribution in [0.4, 0.5) is 17.3 Å². The first kappa shape index (κ1) is 24.1. The number of hydrogen-bond donors (Lipinski definition) is 1. The van der Waals surface area contributed by atoms with Gasteiger partial charge in [0, 0.05) is 68.1 Å². The van der Waals surface area contributed by atoms with Gasteiger partial charge < -0.3 is 10.2 Å². The lowest BCUT2D eigenvalue weighted by atomic mass is 9.72. The summed E-state index contributed by atoms with van der Waals surface area (Å²) in [6.45, 7) is 12.5. The van der Waals surface area contributed by atoms with E-state index in [0.29, 0.717) is 28.6 Å². The van der Waals surface area contributed by atoms with Crippen molar-refractivity contribution in [3.05, 3.63) is 51.9 Å². The number of rotatable bonds is 6. The molecule has 1 aliphatic carbocycles. The number of benzene rings is 1. The first-order valence-corrected chi connectivity index (χ1v) is 13.5. The number of aryl methyl sites for hydroxylation is 1. The number of aromatic nitrogens is 3. The lowest BCUT2D eigenvalue weighted by Gasteiger charge is -2.62. The van der Waals surface area contributed by atoms with Crippen molar-refractivity contribution in [1.82, 2.24) is 19.4 Å². The highest BCUT2D eigenvalue weighted by atomic mass is 16.1. The summed E-state index contributed by atoms with van der Waals surface area (Å²) < 4.78 is 1.75. The SMILES string of the molecule is CC(=O)c1c(C)c2cnc(Nc3ccc(N4CC5(C4)CN(C(C)C)C5)cc3)nc2n(C2CCCC2)c1=O.[HH]. The van der Waals surface area contributed by atoms with Crippen molar-refractivity contribution in [3.63, 3.8) is 0 Å². The number of pyridine rings is 1. The molecule has 8 heteroatoms. The zero-order valence-corrected chi connectivity index (χ0v) is 22.3. The van der Waals surface area contributed by atoms with E-state index >= 15 is 0 Å². The molecule has 196 valence electrons. The minimum atomic E-state index is -0.228. The summed E-state index contributed by atoms with van der Waals surface area (Å²) in [6, 6.07) is 9.11. The predicted molar refractivity (Wildman–Crippen MR) is 149 cm³/mol. The Bertz CT molecular complexity index is 1410. The molecule has 2 aromatic heterocycles. The van der Waals surface area contributed by atoms with Crippen LogP contribution in [0.5, 0.6) is 0 Å². The maximum absolute atomic E-state index is 13.4. The monoisotopic (exact) mass is 502 g/mol. The van der Waals surface area contributed by atoms with Gasteiger partial charge in [0.25, 0.3) is 5.56 Å². The molecular formula is C29H38N6O2. The molecule has 0 atom stereocenters. The average Bonchev–Trinajstić information content (AvgIpc) is 3.32. The number of likely N-dealkylation sites (tertiary alicyclic amines) is 1. The smallest absolute Gasteiger partial charge is 0.263 e. The molecule has 6 rings (SSSR count). The van der Waals surface area contributed by atoms with Gasteiger partial charge in [-0.05, 0) is 70.4 Å². The largest absolute Gasteiger partial charge is 0.370 e. The van der Waals surface area contributed by atoms with Gasteiger partial charge in [-0.1, -0.05) is 12.8 Å². The summed E-state index contributed by atoms with van der Waals surface area (Å²) in [5.41, 5.74) is 3.92. The predicted octanol–water partition coefficient (Wildman–Crippen LogP) is 4.94. The number of ketones is 1. The van der Waals surface area contributed by atoms with E-state index in [2.05, 4.69) is 58.2 Å². The Balaban J connectivity index is 0.00000294. The fourth-order valence-corrected chi connectivity index (χ4v) is 6.52. The second kappa shape index (κ2) is 8.94. The standard InChI is InChI=1S/C29H36N6O2.H2/c1-18(2)33-14-29(15-33)16-34(17-29)22-11-9-21(10-12-22)31-28-30-13-24-19(3)25(20(4)36)27(37)35(26(24)32-28)23-7-5-6-8-23;/h9-13,18,23H,5-8,14-17H2,1-4H3,(H,30,31,32);1H. The van der Waals surface area contributed by atoms with Crippen LogP contribution in [-0.4, -0.2) is 57.4 Å². The highest BCUT2D eigenvalue weighted by Gasteiger charge is 2.52. The molecule has 0 amide bonds. The molecule has 1 spiro atoms. The number of hydrogen-bond acceptors (Lipinski definition) is 7. The minimum Gasteiger partial charge on any atom is -0.370 e. The van der Waals surface area contributed by atoms with Crippen LogP contribution in [0, 0.1) is 12.3 Å². The van der Waals surface area contributed by atoms with E-state index in [-0.39, 0.29) is 24.4 Å². The van der Waals surface area contributed by atoms with E-state index in [4.69, 9.17) is 4.98 Å². The molecule has 0 bridgehead atoms. The van der Waals surface area contributed by atoms with Crippen LogP contribution in [0.3, 0.4) is 0 Å². The molecule has 1 saturated carbocycles. The van der Waals surface area contributed by atoms with Crippen LogP contribution in [-0.2, 0) is 0 Å². The third-order valence-electron chi connectivity index (χ3n) is 8.60. The zero-order valence-electron chi connectivity index (χ0n) is 22.3. The van der Waals surface area contributed by atoms with E-state index in [0.717, 1.165) is 49.8 Å². The molecule has 4 heterocycles. The van der Waals surface area contributed by atoms with Crippen molar-refractivity contribution in [2.45, 2.75) is 65.5 Å². The third kappa shape index (κ3) is 4.11. The van der Waals surface area contributed by atoms with Crippen molar-refractivity contribution in [1.29, 1.82) is 0 Å². The van der Waals surface area contributed by atoms with E-state index in [1.807, 2.05) is 6.92 Å². The van der Waals surface area contributed by atoms with Crippen molar-refractivity contribution < 1.29 is 6.22 Å².